The number of methoxy groups -OCH3 is 1. The zero-order chi connectivity index (χ0) is 18.7. The van der Waals surface area contributed by atoms with Crippen LogP contribution in [0.1, 0.15) is 32.9 Å². The molecule has 0 aliphatic heterocycles. The standard InChI is InChI=1S/C20H17NO5/c1-12-19(20(21-26-12)13-6-4-3-5-7-13)18(24)11-17(23)15-10-14(25-2)8-9-16(15)22/h3-10,22H,11H2,1-2H3. The molecule has 0 amide bonds. The zero-order valence-corrected chi connectivity index (χ0v) is 14.4. The first-order valence-corrected chi connectivity index (χ1v) is 7.96. The van der Waals surface area contributed by atoms with Crippen molar-refractivity contribution in [3.8, 4) is 22.8 Å². The lowest BCUT2D eigenvalue weighted by Crippen LogP contribution is -2.10. The number of rotatable bonds is 6. The molecule has 0 fully saturated rings. The lowest BCUT2D eigenvalue weighted by molar-refractivity contribution is 0.0892. The van der Waals surface area contributed by atoms with Crippen LogP contribution in [0.2, 0.25) is 0 Å². The van der Waals surface area contributed by atoms with Gasteiger partial charge in [0.15, 0.2) is 11.6 Å². The molecule has 0 saturated carbocycles. The van der Waals surface area contributed by atoms with Crippen molar-refractivity contribution in [1.82, 2.24) is 5.16 Å². The minimum atomic E-state index is -0.508. The second kappa shape index (κ2) is 7.23. The Morgan fingerprint density at radius 1 is 1.12 bits per heavy atom. The molecule has 1 heterocycles. The molecule has 1 N–H and O–H groups in total. The summed E-state index contributed by atoms with van der Waals surface area (Å²) in [5.74, 6) is -0.365. The van der Waals surface area contributed by atoms with Crippen LogP contribution >= 0.6 is 0 Å². The molecule has 3 rings (SSSR count). The van der Waals surface area contributed by atoms with Crippen LogP contribution in [0.4, 0.5) is 0 Å². The maximum Gasteiger partial charge on any atom is 0.176 e. The molecule has 6 heteroatoms. The fourth-order valence-corrected chi connectivity index (χ4v) is 2.69. The fraction of sp³-hybridized carbons (Fsp3) is 0.150. The number of phenolic OH excluding ortho intramolecular Hbond substituents is 1. The Kier molecular flexibility index (Phi) is 4.84. The number of phenols is 1. The van der Waals surface area contributed by atoms with Gasteiger partial charge < -0.3 is 14.4 Å². The minimum absolute atomic E-state index is 0.0352. The normalized spacial score (nSPS) is 10.5. The first kappa shape index (κ1) is 17.4. The van der Waals surface area contributed by atoms with Gasteiger partial charge in [0, 0.05) is 5.56 Å². The van der Waals surface area contributed by atoms with E-state index in [1.54, 1.807) is 6.92 Å². The lowest BCUT2D eigenvalue weighted by Gasteiger charge is -2.07. The highest BCUT2D eigenvalue weighted by atomic mass is 16.5. The number of benzene rings is 2. The average molecular weight is 351 g/mol. The van der Waals surface area contributed by atoms with Gasteiger partial charge in [0.1, 0.15) is 23.0 Å². The van der Waals surface area contributed by atoms with Crippen molar-refractivity contribution >= 4 is 11.6 Å². The molecule has 0 atom stereocenters. The van der Waals surface area contributed by atoms with Gasteiger partial charge in [0.25, 0.3) is 0 Å². The SMILES string of the molecule is COc1ccc(O)c(C(=O)CC(=O)c2c(-c3ccccc3)noc2C)c1. The number of carbonyl (C=O) groups is 2. The molecule has 2 aromatic carbocycles. The Morgan fingerprint density at radius 2 is 1.85 bits per heavy atom. The van der Waals surface area contributed by atoms with Crippen molar-refractivity contribution < 1.29 is 24.0 Å². The number of ketones is 2. The number of ether oxygens (including phenoxy) is 1. The Balaban J connectivity index is 1.90. The molecule has 6 nitrogen and oxygen atoms in total. The van der Waals surface area contributed by atoms with E-state index in [2.05, 4.69) is 5.16 Å². The van der Waals surface area contributed by atoms with E-state index in [1.165, 1.54) is 25.3 Å². The highest BCUT2D eigenvalue weighted by molar-refractivity contribution is 6.16. The molecule has 3 aromatic rings. The van der Waals surface area contributed by atoms with E-state index in [0.29, 0.717) is 17.2 Å². The van der Waals surface area contributed by atoms with E-state index in [0.717, 1.165) is 5.56 Å². The van der Waals surface area contributed by atoms with Crippen molar-refractivity contribution in [2.45, 2.75) is 13.3 Å². The molecule has 1 aromatic heterocycles. The predicted molar refractivity (Wildman–Crippen MR) is 94.6 cm³/mol. The number of aromatic hydroxyl groups is 1. The van der Waals surface area contributed by atoms with E-state index in [9.17, 15) is 14.7 Å². The van der Waals surface area contributed by atoms with Crippen molar-refractivity contribution in [1.29, 1.82) is 0 Å². The molecule has 0 unspecified atom stereocenters. The van der Waals surface area contributed by atoms with Gasteiger partial charge in [-0.15, -0.1) is 0 Å². The van der Waals surface area contributed by atoms with Gasteiger partial charge in [-0.2, -0.15) is 0 Å². The summed E-state index contributed by atoms with van der Waals surface area (Å²) in [6.07, 6.45) is -0.414. The zero-order valence-electron chi connectivity index (χ0n) is 14.4. The van der Waals surface area contributed by atoms with Crippen LogP contribution in [0.15, 0.2) is 53.1 Å². The first-order chi connectivity index (χ1) is 12.5. The summed E-state index contributed by atoms with van der Waals surface area (Å²) in [7, 11) is 1.46. The number of Topliss-reactive ketones (excluding diaryl/α,β-unsaturated/α-hetero) is 2. The number of aryl methyl sites for hydroxylation is 1. The molecular formula is C20H17NO5. The summed E-state index contributed by atoms with van der Waals surface area (Å²) in [6, 6.07) is 13.4. The Hall–Kier alpha value is -3.41. The molecule has 132 valence electrons. The van der Waals surface area contributed by atoms with E-state index in [4.69, 9.17) is 9.26 Å². The average Bonchev–Trinajstić information content (AvgIpc) is 3.04. The Bertz CT molecular complexity index is 960. The molecule has 0 aliphatic carbocycles. The lowest BCUT2D eigenvalue weighted by atomic mass is 9.97. The third-order valence-corrected chi connectivity index (χ3v) is 4.01. The Labute approximate surface area is 150 Å². The molecule has 0 saturated heterocycles. The monoisotopic (exact) mass is 351 g/mol. The third kappa shape index (κ3) is 3.35. The summed E-state index contributed by atoms with van der Waals surface area (Å²) in [5, 5.41) is 13.9. The van der Waals surface area contributed by atoms with E-state index < -0.39 is 18.0 Å². The quantitative estimate of drug-likeness (QED) is 0.536. The molecule has 0 bridgehead atoms. The van der Waals surface area contributed by atoms with Crippen molar-refractivity contribution in [3.63, 3.8) is 0 Å². The predicted octanol–water partition coefficient (Wildman–Crippen LogP) is 3.82. The summed E-state index contributed by atoms with van der Waals surface area (Å²) in [5.41, 5.74) is 1.43. The van der Waals surface area contributed by atoms with Gasteiger partial charge in [0.05, 0.1) is 24.7 Å². The second-order valence-corrected chi connectivity index (χ2v) is 5.73. The van der Waals surface area contributed by atoms with E-state index in [-0.39, 0.29) is 16.9 Å². The number of nitrogens with zero attached hydrogens (tertiary/aromatic N) is 1. The van der Waals surface area contributed by atoms with Gasteiger partial charge >= 0.3 is 0 Å². The van der Waals surface area contributed by atoms with Gasteiger partial charge in [-0.05, 0) is 25.1 Å². The van der Waals surface area contributed by atoms with E-state index >= 15 is 0 Å². The van der Waals surface area contributed by atoms with E-state index in [1.807, 2.05) is 30.3 Å². The smallest absolute Gasteiger partial charge is 0.176 e. The molecular weight excluding hydrogens is 334 g/mol. The highest BCUT2D eigenvalue weighted by Gasteiger charge is 2.25. The minimum Gasteiger partial charge on any atom is -0.507 e. The highest BCUT2D eigenvalue weighted by Crippen LogP contribution is 2.28. The van der Waals surface area contributed by atoms with Gasteiger partial charge in [-0.1, -0.05) is 35.5 Å². The largest absolute Gasteiger partial charge is 0.507 e. The molecule has 0 radical (unpaired) electrons. The number of carbonyl (C=O) groups excluding carboxylic acids is 2. The first-order valence-electron chi connectivity index (χ1n) is 7.96. The molecule has 0 spiro atoms. The third-order valence-electron chi connectivity index (χ3n) is 4.01. The van der Waals surface area contributed by atoms with Crippen LogP contribution in [0.3, 0.4) is 0 Å². The fourth-order valence-electron chi connectivity index (χ4n) is 2.69. The Morgan fingerprint density at radius 3 is 2.54 bits per heavy atom. The number of hydrogen-bond donors (Lipinski definition) is 1. The van der Waals surface area contributed by atoms with Crippen LogP contribution in [0, 0.1) is 6.92 Å². The summed E-state index contributed by atoms with van der Waals surface area (Å²) in [4.78, 5) is 25.2. The van der Waals surface area contributed by atoms with Crippen molar-refractivity contribution in [3.05, 3.63) is 65.4 Å². The summed E-state index contributed by atoms with van der Waals surface area (Å²) >= 11 is 0. The van der Waals surface area contributed by atoms with Crippen molar-refractivity contribution in [2.24, 2.45) is 0 Å². The molecule has 26 heavy (non-hydrogen) atoms. The van der Waals surface area contributed by atoms with Gasteiger partial charge in [-0.25, -0.2) is 0 Å². The topological polar surface area (TPSA) is 89.6 Å². The summed E-state index contributed by atoms with van der Waals surface area (Å²) < 4.78 is 10.2. The molecule has 0 aliphatic rings. The maximum atomic E-state index is 12.7. The number of aromatic nitrogens is 1. The van der Waals surface area contributed by atoms with Crippen LogP contribution in [0.25, 0.3) is 11.3 Å². The van der Waals surface area contributed by atoms with Crippen LogP contribution in [-0.4, -0.2) is 28.9 Å². The van der Waals surface area contributed by atoms with Crippen LogP contribution in [-0.2, 0) is 0 Å². The van der Waals surface area contributed by atoms with Gasteiger partial charge in [-0.3, -0.25) is 9.59 Å². The second-order valence-electron chi connectivity index (χ2n) is 5.73. The van der Waals surface area contributed by atoms with Crippen molar-refractivity contribution in [2.75, 3.05) is 7.11 Å². The summed E-state index contributed by atoms with van der Waals surface area (Å²) in [6.45, 7) is 1.63. The van der Waals surface area contributed by atoms with Gasteiger partial charge in [0.2, 0.25) is 0 Å². The maximum absolute atomic E-state index is 12.7. The number of hydrogen-bond acceptors (Lipinski definition) is 6. The van der Waals surface area contributed by atoms with Crippen LogP contribution in [0.5, 0.6) is 11.5 Å². The van der Waals surface area contributed by atoms with Crippen LogP contribution < -0.4 is 4.74 Å².